The summed E-state index contributed by atoms with van der Waals surface area (Å²) in [4.78, 5) is 33.1. The number of aryl methyl sites for hydroxylation is 1. The number of carbonyl (C=O) groups excluding carboxylic acids is 1. The van der Waals surface area contributed by atoms with E-state index in [1.165, 1.54) is 12.1 Å². The number of nitrogens with zero attached hydrogens (tertiary/aromatic N) is 5. The maximum absolute atomic E-state index is 12.7. The van der Waals surface area contributed by atoms with E-state index in [-0.39, 0.29) is 11.3 Å². The van der Waals surface area contributed by atoms with Crippen molar-refractivity contribution in [3.8, 4) is 0 Å². The quantitative estimate of drug-likeness (QED) is 0.451. The fourth-order valence-electron chi connectivity index (χ4n) is 4.22. The lowest BCUT2D eigenvalue weighted by atomic mass is 10.1. The third kappa shape index (κ3) is 4.49. The number of aromatic nitrogens is 2. The maximum Gasteiger partial charge on any atom is 0.282 e. The number of nitro groups is 1. The van der Waals surface area contributed by atoms with Gasteiger partial charge in [-0.2, -0.15) is 0 Å². The Bertz CT molecular complexity index is 1130. The summed E-state index contributed by atoms with van der Waals surface area (Å²) in [6, 6.07) is 11.5. The predicted octanol–water partition coefficient (Wildman–Crippen LogP) is 3.35. The molecule has 9 heteroatoms. The number of nitro benzene ring substituents is 1. The van der Waals surface area contributed by atoms with Gasteiger partial charge in [0.15, 0.2) is 0 Å². The molecule has 0 radical (unpaired) electrons. The van der Waals surface area contributed by atoms with Gasteiger partial charge in [-0.05, 0) is 37.7 Å². The molecule has 1 N–H and O–H groups in total. The summed E-state index contributed by atoms with van der Waals surface area (Å²) in [5.74, 6) is 0.496. The van der Waals surface area contributed by atoms with Crippen LogP contribution in [0.1, 0.15) is 30.0 Å². The van der Waals surface area contributed by atoms with Gasteiger partial charge in [-0.3, -0.25) is 19.8 Å². The first-order valence-electron chi connectivity index (χ1n) is 11.0. The van der Waals surface area contributed by atoms with Crippen molar-refractivity contribution in [3.63, 3.8) is 0 Å². The Balaban J connectivity index is 1.54. The Hall–Kier alpha value is -3.30. The van der Waals surface area contributed by atoms with Crippen LogP contribution in [-0.2, 0) is 13.1 Å². The van der Waals surface area contributed by atoms with Crippen LogP contribution in [-0.4, -0.2) is 62.9 Å². The van der Waals surface area contributed by atoms with Crippen molar-refractivity contribution in [2.45, 2.75) is 26.9 Å². The Morgan fingerprint density at radius 2 is 1.78 bits per heavy atom. The van der Waals surface area contributed by atoms with Crippen LogP contribution in [0.15, 0.2) is 42.5 Å². The minimum atomic E-state index is -0.548. The third-order valence-corrected chi connectivity index (χ3v) is 6.02. The molecular formula is C23H28N6O3. The van der Waals surface area contributed by atoms with E-state index in [0.29, 0.717) is 5.69 Å². The lowest BCUT2D eigenvalue weighted by Crippen LogP contribution is -2.45. The average Bonchev–Trinajstić information content (AvgIpc) is 3.15. The van der Waals surface area contributed by atoms with Crippen LogP contribution in [0.5, 0.6) is 0 Å². The molecule has 3 aromatic rings. The first-order chi connectivity index (χ1) is 15.5. The molecule has 9 nitrogen and oxygen atoms in total. The molecule has 1 aliphatic heterocycles. The number of carbonyl (C=O) groups is 1. The molecule has 2 heterocycles. The average molecular weight is 437 g/mol. The molecule has 4 rings (SSSR count). The number of benzene rings is 2. The van der Waals surface area contributed by atoms with Gasteiger partial charge >= 0.3 is 0 Å². The van der Waals surface area contributed by atoms with E-state index >= 15 is 0 Å². The number of amides is 1. The second kappa shape index (κ2) is 9.46. The number of fused-ring (bicyclic) bond motifs is 1. The third-order valence-electron chi connectivity index (χ3n) is 6.02. The number of hydrogen-bond acceptors (Lipinski definition) is 6. The van der Waals surface area contributed by atoms with Gasteiger partial charge in [-0.1, -0.05) is 19.1 Å². The fourth-order valence-corrected chi connectivity index (χ4v) is 4.22. The molecule has 1 fully saturated rings. The fraction of sp³-hybridized carbons (Fsp3) is 0.391. The summed E-state index contributed by atoms with van der Waals surface area (Å²) in [7, 11) is 0. The molecule has 1 aliphatic rings. The minimum absolute atomic E-state index is 0.0311. The maximum atomic E-state index is 12.7. The Morgan fingerprint density at radius 3 is 2.47 bits per heavy atom. The predicted molar refractivity (Wildman–Crippen MR) is 124 cm³/mol. The monoisotopic (exact) mass is 436 g/mol. The van der Waals surface area contributed by atoms with E-state index in [4.69, 9.17) is 4.98 Å². The van der Waals surface area contributed by atoms with Crippen LogP contribution in [0.4, 0.5) is 11.4 Å². The summed E-state index contributed by atoms with van der Waals surface area (Å²) in [6.07, 6.45) is 0. The summed E-state index contributed by atoms with van der Waals surface area (Å²) < 4.78 is 2.20. The molecule has 2 aromatic carbocycles. The Labute approximate surface area is 186 Å². The topological polar surface area (TPSA) is 96.5 Å². The van der Waals surface area contributed by atoms with Crippen LogP contribution in [0, 0.1) is 10.1 Å². The summed E-state index contributed by atoms with van der Waals surface area (Å²) in [5, 5.41) is 14.0. The zero-order valence-corrected chi connectivity index (χ0v) is 18.5. The van der Waals surface area contributed by atoms with E-state index in [1.807, 2.05) is 18.2 Å². The first-order valence-corrected chi connectivity index (χ1v) is 11.0. The molecule has 0 unspecified atom stereocenters. The van der Waals surface area contributed by atoms with E-state index in [9.17, 15) is 14.9 Å². The van der Waals surface area contributed by atoms with Crippen molar-refractivity contribution in [1.29, 1.82) is 0 Å². The van der Waals surface area contributed by atoms with Gasteiger partial charge in [0.05, 0.1) is 22.5 Å². The van der Waals surface area contributed by atoms with Gasteiger partial charge < -0.3 is 14.8 Å². The Kier molecular flexibility index (Phi) is 6.48. The molecule has 168 valence electrons. The van der Waals surface area contributed by atoms with Crippen LogP contribution < -0.4 is 5.32 Å². The number of likely N-dealkylation sites (N-methyl/N-ethyl adjacent to an activating group) is 1. The van der Waals surface area contributed by atoms with E-state index in [0.717, 1.165) is 62.7 Å². The molecule has 0 aliphatic carbocycles. The highest BCUT2D eigenvalue weighted by Gasteiger charge is 2.21. The molecule has 1 saturated heterocycles. The second-order valence-corrected chi connectivity index (χ2v) is 7.91. The molecular weight excluding hydrogens is 408 g/mol. The molecule has 1 aromatic heterocycles. The number of para-hydroxylation sites is 1. The smallest absolute Gasteiger partial charge is 0.282 e. The van der Waals surface area contributed by atoms with E-state index in [1.54, 1.807) is 12.1 Å². The number of imidazole rings is 1. The summed E-state index contributed by atoms with van der Waals surface area (Å²) in [6.45, 7) is 11.2. The van der Waals surface area contributed by atoms with Crippen molar-refractivity contribution in [2.75, 3.05) is 38.0 Å². The SMILES string of the molecule is CCN1CCN(Cc2nc3cc(NC(=O)c4ccccc4[N+](=O)[O-])ccc3n2CC)CC1. The highest BCUT2D eigenvalue weighted by atomic mass is 16.6. The molecule has 0 spiro atoms. The zero-order valence-electron chi connectivity index (χ0n) is 18.5. The number of rotatable bonds is 7. The van der Waals surface area contributed by atoms with Gasteiger partial charge in [0.1, 0.15) is 11.4 Å². The number of piperazine rings is 1. The van der Waals surface area contributed by atoms with Gasteiger partial charge in [-0.15, -0.1) is 0 Å². The van der Waals surface area contributed by atoms with Crippen molar-refractivity contribution in [1.82, 2.24) is 19.4 Å². The molecule has 32 heavy (non-hydrogen) atoms. The molecule has 0 bridgehead atoms. The zero-order chi connectivity index (χ0) is 22.7. The van der Waals surface area contributed by atoms with Gasteiger partial charge in [0.2, 0.25) is 0 Å². The van der Waals surface area contributed by atoms with Gasteiger partial charge in [0, 0.05) is 44.5 Å². The molecule has 0 saturated carbocycles. The van der Waals surface area contributed by atoms with Crippen LogP contribution >= 0.6 is 0 Å². The van der Waals surface area contributed by atoms with Gasteiger partial charge in [-0.25, -0.2) is 4.98 Å². The molecule has 0 atom stereocenters. The largest absolute Gasteiger partial charge is 0.327 e. The highest BCUT2D eigenvalue weighted by Crippen LogP contribution is 2.24. The standard InChI is InChI=1S/C23H28N6O3/c1-3-26-11-13-27(14-12-26)16-22-25-19-15-17(9-10-21(19)28(22)4-2)24-23(30)18-7-5-6-8-20(18)29(31)32/h5-10,15H,3-4,11-14,16H2,1-2H3,(H,24,30). The summed E-state index contributed by atoms with van der Waals surface area (Å²) in [5.41, 5.74) is 2.19. The summed E-state index contributed by atoms with van der Waals surface area (Å²) >= 11 is 0. The van der Waals surface area contributed by atoms with Crippen molar-refractivity contribution in [3.05, 3.63) is 64.0 Å². The van der Waals surface area contributed by atoms with E-state index < -0.39 is 10.8 Å². The lowest BCUT2D eigenvalue weighted by Gasteiger charge is -2.33. The minimum Gasteiger partial charge on any atom is -0.327 e. The number of nitrogens with one attached hydrogen (secondary N) is 1. The number of hydrogen-bond donors (Lipinski definition) is 1. The van der Waals surface area contributed by atoms with Crippen molar-refractivity contribution >= 4 is 28.3 Å². The van der Waals surface area contributed by atoms with Crippen LogP contribution in [0.2, 0.25) is 0 Å². The van der Waals surface area contributed by atoms with Crippen molar-refractivity contribution < 1.29 is 9.72 Å². The van der Waals surface area contributed by atoms with E-state index in [2.05, 4.69) is 33.5 Å². The van der Waals surface area contributed by atoms with Crippen LogP contribution in [0.25, 0.3) is 11.0 Å². The van der Waals surface area contributed by atoms with Crippen LogP contribution in [0.3, 0.4) is 0 Å². The molecule has 1 amide bonds. The normalized spacial score (nSPS) is 15.2. The van der Waals surface area contributed by atoms with Crippen molar-refractivity contribution in [2.24, 2.45) is 0 Å². The second-order valence-electron chi connectivity index (χ2n) is 7.91. The lowest BCUT2D eigenvalue weighted by molar-refractivity contribution is -0.385. The number of anilines is 1. The first kappa shape index (κ1) is 21.9. The van der Waals surface area contributed by atoms with Gasteiger partial charge in [0.25, 0.3) is 11.6 Å². The Morgan fingerprint density at radius 1 is 1.06 bits per heavy atom. The highest BCUT2D eigenvalue weighted by molar-refractivity contribution is 6.07.